The third-order valence-electron chi connectivity index (χ3n) is 3.52. The van der Waals surface area contributed by atoms with Gasteiger partial charge in [-0.25, -0.2) is 0 Å². The highest BCUT2D eigenvalue weighted by Gasteiger charge is 2.48. The quantitative estimate of drug-likeness (QED) is 0.799. The highest BCUT2D eigenvalue weighted by atomic mass is 16.2. The fourth-order valence-electron chi connectivity index (χ4n) is 2.03. The summed E-state index contributed by atoms with van der Waals surface area (Å²) in [6.45, 7) is 0.797. The topological polar surface area (TPSA) is 85.3 Å². The Labute approximate surface area is 104 Å². The van der Waals surface area contributed by atoms with Crippen LogP contribution in [0.3, 0.4) is 0 Å². The van der Waals surface area contributed by atoms with Gasteiger partial charge in [0, 0.05) is 12.7 Å². The molecule has 6 heteroatoms. The van der Waals surface area contributed by atoms with Crippen LogP contribution in [0.25, 0.3) is 5.65 Å². The Balaban J connectivity index is 1.72. The summed E-state index contributed by atoms with van der Waals surface area (Å²) in [5.74, 6) is 0.754. The molecule has 0 spiro atoms. The average molecular weight is 245 g/mol. The molecular formula is C12H15N5O. The Morgan fingerprint density at radius 2 is 2.28 bits per heavy atom. The number of rotatable bonds is 4. The van der Waals surface area contributed by atoms with E-state index < -0.39 is 0 Å². The monoisotopic (exact) mass is 245 g/mol. The maximum absolute atomic E-state index is 11.9. The third kappa shape index (κ3) is 1.74. The number of amides is 1. The maximum Gasteiger partial charge on any atom is 0.227 e. The number of pyridine rings is 1. The molecular weight excluding hydrogens is 230 g/mol. The molecule has 0 aromatic carbocycles. The molecule has 2 aromatic heterocycles. The van der Waals surface area contributed by atoms with E-state index in [0.29, 0.717) is 13.1 Å². The largest absolute Gasteiger partial charge is 0.348 e. The lowest BCUT2D eigenvalue weighted by atomic mass is 10.1. The van der Waals surface area contributed by atoms with Gasteiger partial charge in [0.05, 0.1) is 12.0 Å². The van der Waals surface area contributed by atoms with Crippen molar-refractivity contribution in [2.75, 3.05) is 6.54 Å². The van der Waals surface area contributed by atoms with Crippen LogP contribution >= 0.6 is 0 Å². The highest BCUT2D eigenvalue weighted by molar-refractivity contribution is 5.85. The number of carbonyl (C=O) groups is 1. The van der Waals surface area contributed by atoms with Gasteiger partial charge in [0.15, 0.2) is 11.5 Å². The Kier molecular flexibility index (Phi) is 2.52. The molecule has 94 valence electrons. The van der Waals surface area contributed by atoms with Crippen molar-refractivity contribution in [2.45, 2.75) is 19.4 Å². The summed E-state index contributed by atoms with van der Waals surface area (Å²) in [6, 6.07) is 5.69. The first-order valence-electron chi connectivity index (χ1n) is 6.02. The molecule has 3 N–H and O–H groups in total. The maximum atomic E-state index is 11.9. The first-order valence-corrected chi connectivity index (χ1v) is 6.02. The summed E-state index contributed by atoms with van der Waals surface area (Å²) in [4.78, 5) is 11.9. The number of nitrogens with two attached hydrogens (primary N) is 1. The standard InChI is InChI=1S/C12H15N5O/c13-8-12(4-5-12)11(18)14-7-10-16-15-9-3-1-2-6-17(9)10/h1-3,6H,4-5,7-8,13H2,(H,14,18). The Hall–Kier alpha value is -1.95. The first kappa shape index (κ1) is 11.2. The van der Waals surface area contributed by atoms with Crippen molar-refractivity contribution in [1.82, 2.24) is 19.9 Å². The van der Waals surface area contributed by atoms with Crippen LogP contribution in [0.2, 0.25) is 0 Å². The first-order chi connectivity index (χ1) is 8.75. The number of fused-ring (bicyclic) bond motifs is 1. The van der Waals surface area contributed by atoms with E-state index >= 15 is 0 Å². The van der Waals surface area contributed by atoms with Gasteiger partial charge in [0.1, 0.15) is 0 Å². The van der Waals surface area contributed by atoms with Crippen LogP contribution in [0.4, 0.5) is 0 Å². The third-order valence-corrected chi connectivity index (χ3v) is 3.52. The van der Waals surface area contributed by atoms with E-state index in [1.807, 2.05) is 28.8 Å². The molecule has 1 amide bonds. The molecule has 1 fully saturated rings. The van der Waals surface area contributed by atoms with E-state index in [0.717, 1.165) is 24.3 Å². The van der Waals surface area contributed by atoms with Crippen molar-refractivity contribution in [3.63, 3.8) is 0 Å². The second kappa shape index (κ2) is 4.06. The van der Waals surface area contributed by atoms with Crippen LogP contribution < -0.4 is 11.1 Å². The zero-order valence-electron chi connectivity index (χ0n) is 9.97. The van der Waals surface area contributed by atoms with E-state index in [2.05, 4.69) is 15.5 Å². The molecule has 6 nitrogen and oxygen atoms in total. The van der Waals surface area contributed by atoms with Crippen LogP contribution in [-0.4, -0.2) is 27.0 Å². The van der Waals surface area contributed by atoms with Crippen LogP contribution in [0, 0.1) is 5.41 Å². The molecule has 0 aliphatic heterocycles. The molecule has 2 heterocycles. The molecule has 0 unspecified atom stereocenters. The van der Waals surface area contributed by atoms with Crippen molar-refractivity contribution in [1.29, 1.82) is 0 Å². The predicted octanol–water partition coefficient (Wildman–Crippen LogP) is 0.0844. The van der Waals surface area contributed by atoms with Gasteiger partial charge >= 0.3 is 0 Å². The molecule has 0 saturated heterocycles. The molecule has 0 radical (unpaired) electrons. The SMILES string of the molecule is NCC1(C(=O)NCc2nnc3ccccn23)CC1. The number of aromatic nitrogens is 3. The van der Waals surface area contributed by atoms with E-state index in [9.17, 15) is 4.79 Å². The molecule has 1 saturated carbocycles. The van der Waals surface area contributed by atoms with Crippen LogP contribution in [-0.2, 0) is 11.3 Å². The second-order valence-electron chi connectivity index (χ2n) is 4.71. The molecule has 18 heavy (non-hydrogen) atoms. The van der Waals surface area contributed by atoms with Gasteiger partial charge < -0.3 is 11.1 Å². The summed E-state index contributed by atoms with van der Waals surface area (Å²) in [7, 11) is 0. The van der Waals surface area contributed by atoms with Crippen molar-refractivity contribution >= 4 is 11.6 Å². The van der Waals surface area contributed by atoms with Gasteiger partial charge in [0.2, 0.25) is 5.91 Å². The van der Waals surface area contributed by atoms with Crippen molar-refractivity contribution in [2.24, 2.45) is 11.1 Å². The summed E-state index contributed by atoms with van der Waals surface area (Å²) in [6.07, 6.45) is 3.65. The molecule has 1 aliphatic rings. The summed E-state index contributed by atoms with van der Waals surface area (Å²) >= 11 is 0. The Bertz CT molecular complexity index is 587. The number of hydrogen-bond acceptors (Lipinski definition) is 4. The van der Waals surface area contributed by atoms with Gasteiger partial charge in [-0.05, 0) is 25.0 Å². The van der Waals surface area contributed by atoms with Crippen LogP contribution in [0.15, 0.2) is 24.4 Å². The smallest absolute Gasteiger partial charge is 0.227 e. The lowest BCUT2D eigenvalue weighted by Crippen LogP contribution is -2.36. The number of carbonyl (C=O) groups excluding carboxylic acids is 1. The van der Waals surface area contributed by atoms with E-state index in [1.165, 1.54) is 0 Å². The zero-order chi connectivity index (χ0) is 12.6. The lowest BCUT2D eigenvalue weighted by Gasteiger charge is -2.11. The minimum atomic E-state index is -0.319. The van der Waals surface area contributed by atoms with Gasteiger partial charge in [-0.2, -0.15) is 0 Å². The molecule has 0 atom stereocenters. The van der Waals surface area contributed by atoms with E-state index in [1.54, 1.807) is 0 Å². The Morgan fingerprint density at radius 1 is 1.44 bits per heavy atom. The second-order valence-corrected chi connectivity index (χ2v) is 4.71. The van der Waals surface area contributed by atoms with E-state index in [-0.39, 0.29) is 11.3 Å². The lowest BCUT2D eigenvalue weighted by molar-refractivity contribution is -0.126. The van der Waals surface area contributed by atoms with Crippen molar-refractivity contribution in [3.05, 3.63) is 30.2 Å². The van der Waals surface area contributed by atoms with Gasteiger partial charge in [-0.3, -0.25) is 9.20 Å². The van der Waals surface area contributed by atoms with Crippen molar-refractivity contribution in [3.8, 4) is 0 Å². The predicted molar refractivity (Wildman–Crippen MR) is 65.6 cm³/mol. The zero-order valence-corrected chi connectivity index (χ0v) is 9.97. The normalized spacial score (nSPS) is 16.7. The molecule has 2 aromatic rings. The van der Waals surface area contributed by atoms with Crippen LogP contribution in [0.5, 0.6) is 0 Å². The minimum absolute atomic E-state index is 0.0256. The summed E-state index contributed by atoms with van der Waals surface area (Å²) in [5, 5.41) is 11.0. The molecule has 3 rings (SSSR count). The fraction of sp³-hybridized carbons (Fsp3) is 0.417. The molecule has 0 bridgehead atoms. The number of nitrogens with one attached hydrogen (secondary N) is 1. The van der Waals surface area contributed by atoms with E-state index in [4.69, 9.17) is 5.73 Å². The average Bonchev–Trinajstić information content (AvgIpc) is 3.11. The van der Waals surface area contributed by atoms with Gasteiger partial charge in [-0.15, -0.1) is 10.2 Å². The number of nitrogens with zero attached hydrogens (tertiary/aromatic N) is 3. The van der Waals surface area contributed by atoms with Gasteiger partial charge in [0.25, 0.3) is 0 Å². The minimum Gasteiger partial charge on any atom is -0.348 e. The summed E-state index contributed by atoms with van der Waals surface area (Å²) < 4.78 is 1.86. The number of hydrogen-bond donors (Lipinski definition) is 2. The fourth-order valence-corrected chi connectivity index (χ4v) is 2.03. The summed E-state index contributed by atoms with van der Waals surface area (Å²) in [5.41, 5.74) is 6.08. The van der Waals surface area contributed by atoms with Gasteiger partial charge in [-0.1, -0.05) is 6.07 Å². The van der Waals surface area contributed by atoms with Crippen LogP contribution in [0.1, 0.15) is 18.7 Å². The van der Waals surface area contributed by atoms with Crippen molar-refractivity contribution < 1.29 is 4.79 Å². The molecule has 1 aliphatic carbocycles. The highest BCUT2D eigenvalue weighted by Crippen LogP contribution is 2.44. The Morgan fingerprint density at radius 3 is 3.00 bits per heavy atom.